The summed E-state index contributed by atoms with van der Waals surface area (Å²) >= 11 is 3.85. The first-order valence-electron chi connectivity index (χ1n) is 8.78. The molecule has 0 bridgehead atoms. The lowest BCUT2D eigenvalue weighted by Crippen LogP contribution is -2.24. The fraction of sp³-hybridized carbons (Fsp3) is 0.238. The van der Waals surface area contributed by atoms with Gasteiger partial charge in [-0.05, 0) is 30.7 Å². The number of fused-ring (bicyclic) bond motifs is 1. The van der Waals surface area contributed by atoms with Crippen LogP contribution < -0.4 is 0 Å². The average Bonchev–Trinajstić information content (AvgIpc) is 3.37. The van der Waals surface area contributed by atoms with Gasteiger partial charge in [0.05, 0.1) is 10.1 Å². The van der Waals surface area contributed by atoms with Crippen LogP contribution in [0.25, 0.3) is 10.9 Å². The highest BCUT2D eigenvalue weighted by molar-refractivity contribution is 8.19. The van der Waals surface area contributed by atoms with E-state index in [-0.39, 0.29) is 5.78 Å². The molecule has 6 heteroatoms. The van der Waals surface area contributed by atoms with E-state index in [0.29, 0.717) is 15.7 Å². The summed E-state index contributed by atoms with van der Waals surface area (Å²) in [5.41, 5.74) is 3.10. The minimum Gasteiger partial charge on any atom is -0.451 e. The van der Waals surface area contributed by atoms with Crippen LogP contribution in [0.3, 0.4) is 0 Å². The molecule has 0 radical (unpaired) electrons. The molecule has 138 valence electrons. The molecule has 1 aromatic heterocycles. The highest BCUT2D eigenvalue weighted by Crippen LogP contribution is 2.45. The Labute approximate surface area is 166 Å². The van der Waals surface area contributed by atoms with Crippen molar-refractivity contribution in [1.82, 2.24) is 4.98 Å². The molecule has 27 heavy (non-hydrogen) atoms. The third-order valence-electron chi connectivity index (χ3n) is 4.55. The van der Waals surface area contributed by atoms with Crippen LogP contribution in [0.15, 0.2) is 54.7 Å². The molecule has 1 aliphatic rings. The summed E-state index contributed by atoms with van der Waals surface area (Å²) in [4.78, 5) is 28.2. The van der Waals surface area contributed by atoms with Gasteiger partial charge in [0.2, 0.25) is 5.78 Å². The van der Waals surface area contributed by atoms with Gasteiger partial charge >= 0.3 is 5.97 Å². The van der Waals surface area contributed by atoms with E-state index in [1.54, 1.807) is 25.3 Å². The Bertz CT molecular complexity index is 975. The number of esters is 1. The van der Waals surface area contributed by atoms with Crippen molar-refractivity contribution in [3.8, 4) is 0 Å². The molecule has 0 unspecified atom stereocenters. The fourth-order valence-electron chi connectivity index (χ4n) is 3.10. The van der Waals surface area contributed by atoms with Gasteiger partial charge < -0.3 is 9.72 Å². The number of nitrogens with one attached hydrogen (secondary N) is 1. The van der Waals surface area contributed by atoms with Gasteiger partial charge in [-0.3, -0.25) is 4.79 Å². The van der Waals surface area contributed by atoms with Crippen LogP contribution in [0.2, 0.25) is 0 Å². The maximum atomic E-state index is 12.7. The maximum absolute atomic E-state index is 12.7. The van der Waals surface area contributed by atoms with Gasteiger partial charge in [-0.1, -0.05) is 30.3 Å². The number of hydrogen-bond donors (Lipinski definition) is 1. The number of thioether (sulfide) groups is 2. The van der Waals surface area contributed by atoms with E-state index in [1.165, 1.54) is 5.56 Å². The molecule has 0 saturated carbocycles. The van der Waals surface area contributed by atoms with E-state index < -0.39 is 12.1 Å². The molecule has 0 aliphatic carbocycles. The highest BCUT2D eigenvalue weighted by Gasteiger charge is 2.23. The third-order valence-corrected chi connectivity index (χ3v) is 7.65. The van der Waals surface area contributed by atoms with Gasteiger partial charge in [-0.2, -0.15) is 0 Å². The molecular formula is C21H19NO3S2. The average molecular weight is 398 g/mol. The molecular weight excluding hydrogens is 378 g/mol. The number of benzene rings is 2. The number of rotatable bonds is 5. The van der Waals surface area contributed by atoms with Gasteiger partial charge in [0, 0.05) is 34.2 Å². The Morgan fingerprint density at radius 1 is 1.07 bits per heavy atom. The van der Waals surface area contributed by atoms with Crippen LogP contribution >= 0.6 is 23.5 Å². The molecule has 2 heterocycles. The second-order valence-electron chi connectivity index (χ2n) is 6.36. The number of aromatic amines is 1. The summed E-state index contributed by atoms with van der Waals surface area (Å²) in [5.74, 6) is 1.63. The van der Waals surface area contributed by atoms with E-state index >= 15 is 0 Å². The van der Waals surface area contributed by atoms with E-state index in [2.05, 4.69) is 4.98 Å². The first-order chi connectivity index (χ1) is 13.1. The second kappa shape index (κ2) is 7.82. The topological polar surface area (TPSA) is 59.2 Å². The standard InChI is InChI=1S/C21H19NO3S2/c1-13(19(23)17-12-22-18-5-3-2-4-16(17)18)25-20(24)14-6-8-15(9-7-14)21-26-10-11-27-21/h2-9,12-13,21-22H,10-11H2,1H3/t13-/m0/s1. The minimum absolute atomic E-state index is 0.212. The number of H-pyrrole nitrogens is 1. The summed E-state index contributed by atoms with van der Waals surface area (Å²) in [5, 5.41) is 0.835. The molecule has 1 fully saturated rings. The van der Waals surface area contributed by atoms with Crippen molar-refractivity contribution in [2.45, 2.75) is 17.6 Å². The molecule has 0 spiro atoms. The van der Waals surface area contributed by atoms with Gasteiger partial charge in [0.1, 0.15) is 0 Å². The van der Waals surface area contributed by atoms with Crippen molar-refractivity contribution >= 4 is 46.2 Å². The SMILES string of the molecule is C[C@H](OC(=O)c1ccc(C2SCCS2)cc1)C(=O)c1c[nH]c2ccccc12. The highest BCUT2D eigenvalue weighted by atomic mass is 32.2. The smallest absolute Gasteiger partial charge is 0.338 e. The van der Waals surface area contributed by atoms with Crippen LogP contribution in [0, 0.1) is 0 Å². The number of para-hydroxylation sites is 1. The van der Waals surface area contributed by atoms with Crippen LogP contribution in [-0.2, 0) is 4.74 Å². The molecule has 1 saturated heterocycles. The largest absolute Gasteiger partial charge is 0.451 e. The quantitative estimate of drug-likeness (QED) is 0.481. The third kappa shape index (κ3) is 3.77. The van der Waals surface area contributed by atoms with Gasteiger partial charge in [-0.15, -0.1) is 23.5 Å². The zero-order chi connectivity index (χ0) is 18.8. The maximum Gasteiger partial charge on any atom is 0.338 e. The van der Waals surface area contributed by atoms with Crippen LogP contribution in [0.4, 0.5) is 0 Å². The first kappa shape index (κ1) is 18.2. The minimum atomic E-state index is -0.850. The molecule has 2 aromatic carbocycles. The molecule has 1 aliphatic heterocycles. The fourth-order valence-corrected chi connectivity index (χ4v) is 5.96. The van der Waals surface area contributed by atoms with Crippen LogP contribution in [0.1, 0.15) is 37.8 Å². The van der Waals surface area contributed by atoms with Crippen molar-refractivity contribution in [2.24, 2.45) is 0 Å². The normalized spacial score (nSPS) is 15.7. The molecule has 4 rings (SSSR count). The Morgan fingerprint density at radius 2 is 1.78 bits per heavy atom. The molecule has 3 aromatic rings. The lowest BCUT2D eigenvalue weighted by atomic mass is 10.1. The van der Waals surface area contributed by atoms with Crippen molar-refractivity contribution in [3.63, 3.8) is 0 Å². The number of ketones is 1. The summed E-state index contributed by atoms with van der Waals surface area (Å²) in [7, 11) is 0. The number of ether oxygens (including phenoxy) is 1. The Kier molecular flexibility index (Phi) is 5.27. The Morgan fingerprint density at radius 3 is 2.52 bits per heavy atom. The van der Waals surface area contributed by atoms with Crippen molar-refractivity contribution < 1.29 is 14.3 Å². The molecule has 4 nitrogen and oxygen atoms in total. The molecule has 0 amide bonds. The van der Waals surface area contributed by atoms with E-state index in [0.717, 1.165) is 22.4 Å². The predicted octanol–water partition coefficient (Wildman–Crippen LogP) is 5.07. The summed E-state index contributed by atoms with van der Waals surface area (Å²) in [6.45, 7) is 1.61. The first-order valence-corrected chi connectivity index (χ1v) is 10.9. The van der Waals surface area contributed by atoms with Crippen molar-refractivity contribution in [2.75, 3.05) is 11.5 Å². The number of carbonyl (C=O) groups excluding carboxylic acids is 2. The lowest BCUT2D eigenvalue weighted by Gasteiger charge is -2.13. The zero-order valence-electron chi connectivity index (χ0n) is 14.8. The number of carbonyl (C=O) groups is 2. The van der Waals surface area contributed by atoms with Crippen molar-refractivity contribution in [3.05, 3.63) is 71.4 Å². The monoisotopic (exact) mass is 397 g/mol. The zero-order valence-corrected chi connectivity index (χ0v) is 16.4. The van der Waals surface area contributed by atoms with Gasteiger partial charge in [0.25, 0.3) is 0 Å². The van der Waals surface area contributed by atoms with Gasteiger partial charge in [0.15, 0.2) is 6.10 Å². The summed E-state index contributed by atoms with van der Waals surface area (Å²) in [6.07, 6.45) is 0.820. The Hall–Kier alpha value is -2.18. The van der Waals surface area contributed by atoms with Crippen LogP contribution in [0.5, 0.6) is 0 Å². The lowest BCUT2D eigenvalue weighted by molar-refractivity contribution is 0.0319. The summed E-state index contributed by atoms with van der Waals surface area (Å²) < 4.78 is 5.87. The van der Waals surface area contributed by atoms with Crippen LogP contribution in [-0.4, -0.2) is 34.3 Å². The predicted molar refractivity (Wildman–Crippen MR) is 112 cm³/mol. The van der Waals surface area contributed by atoms with Gasteiger partial charge in [-0.25, -0.2) is 4.79 Å². The van der Waals surface area contributed by atoms with E-state index in [9.17, 15) is 9.59 Å². The number of aromatic nitrogens is 1. The molecule has 1 N–H and O–H groups in total. The van der Waals surface area contributed by atoms with E-state index in [1.807, 2.05) is 59.9 Å². The van der Waals surface area contributed by atoms with Crippen molar-refractivity contribution in [1.29, 1.82) is 0 Å². The number of hydrogen-bond acceptors (Lipinski definition) is 5. The van der Waals surface area contributed by atoms with E-state index in [4.69, 9.17) is 4.74 Å². The number of Topliss-reactive ketones (excluding diaryl/α,β-unsaturated/α-hetero) is 1. The summed E-state index contributed by atoms with van der Waals surface area (Å²) in [6, 6.07) is 15.1. The second-order valence-corrected chi connectivity index (χ2v) is 9.08. The Balaban J connectivity index is 1.44. The molecule has 1 atom stereocenters.